The van der Waals surface area contributed by atoms with Gasteiger partial charge in [0, 0.05) is 6.54 Å². The minimum atomic E-state index is -0.809. The number of para-hydroxylation sites is 1. The molecule has 0 bridgehead atoms. The fourth-order valence-corrected chi connectivity index (χ4v) is 2.27. The molecule has 0 saturated heterocycles. The molecule has 0 aromatic heterocycles. The molecular formula is C20H23FN2O3. The fraction of sp³-hybridized carbons (Fsp3) is 0.300. The van der Waals surface area contributed by atoms with Gasteiger partial charge in [-0.1, -0.05) is 25.5 Å². The summed E-state index contributed by atoms with van der Waals surface area (Å²) in [4.78, 5) is 24.7. The van der Waals surface area contributed by atoms with Crippen LogP contribution in [0.1, 0.15) is 37.0 Å². The number of amides is 2. The van der Waals surface area contributed by atoms with E-state index in [1.54, 1.807) is 31.2 Å². The predicted octanol–water partition coefficient (Wildman–Crippen LogP) is 3.76. The number of halogens is 1. The Morgan fingerprint density at radius 2 is 1.81 bits per heavy atom. The first-order chi connectivity index (χ1) is 12.5. The van der Waals surface area contributed by atoms with Gasteiger partial charge < -0.3 is 15.4 Å². The first kappa shape index (κ1) is 19.4. The van der Waals surface area contributed by atoms with Crippen LogP contribution in [0.3, 0.4) is 0 Å². The number of unbranched alkanes of at least 4 members (excludes halogenated alkanes) is 1. The van der Waals surface area contributed by atoms with Crippen LogP contribution in [0.15, 0.2) is 48.5 Å². The molecule has 0 aliphatic heterocycles. The Labute approximate surface area is 152 Å². The van der Waals surface area contributed by atoms with Crippen LogP contribution in [-0.2, 0) is 4.79 Å². The van der Waals surface area contributed by atoms with E-state index in [-0.39, 0.29) is 11.7 Å². The molecule has 0 saturated carbocycles. The first-order valence-electron chi connectivity index (χ1n) is 8.61. The normalized spacial score (nSPS) is 11.5. The SMILES string of the molecule is CCCCNC(=O)c1ccccc1NC(=O)C(C)Oc1ccc(F)cc1. The quantitative estimate of drug-likeness (QED) is 0.706. The van der Waals surface area contributed by atoms with Crippen LogP contribution in [0.5, 0.6) is 5.75 Å². The summed E-state index contributed by atoms with van der Waals surface area (Å²) in [5, 5.41) is 5.55. The zero-order valence-electron chi connectivity index (χ0n) is 14.9. The van der Waals surface area contributed by atoms with Crippen molar-refractivity contribution in [2.45, 2.75) is 32.8 Å². The molecule has 2 aromatic rings. The molecule has 2 rings (SSSR count). The molecule has 0 fully saturated rings. The van der Waals surface area contributed by atoms with Crippen molar-refractivity contribution < 1.29 is 18.7 Å². The van der Waals surface area contributed by atoms with Crippen molar-refractivity contribution in [1.82, 2.24) is 5.32 Å². The maximum Gasteiger partial charge on any atom is 0.265 e. The van der Waals surface area contributed by atoms with E-state index in [1.165, 1.54) is 24.3 Å². The topological polar surface area (TPSA) is 67.4 Å². The minimum Gasteiger partial charge on any atom is -0.481 e. The molecule has 2 aromatic carbocycles. The Morgan fingerprint density at radius 3 is 2.50 bits per heavy atom. The van der Waals surface area contributed by atoms with E-state index >= 15 is 0 Å². The minimum absolute atomic E-state index is 0.235. The van der Waals surface area contributed by atoms with Crippen molar-refractivity contribution in [3.05, 3.63) is 59.9 Å². The lowest BCUT2D eigenvalue weighted by Crippen LogP contribution is -2.32. The summed E-state index contributed by atoms with van der Waals surface area (Å²) in [7, 11) is 0. The number of rotatable bonds is 8. The van der Waals surface area contributed by atoms with Crippen molar-refractivity contribution >= 4 is 17.5 Å². The Balaban J connectivity index is 2.01. The van der Waals surface area contributed by atoms with Gasteiger partial charge >= 0.3 is 0 Å². The van der Waals surface area contributed by atoms with Gasteiger partial charge in [-0.25, -0.2) is 4.39 Å². The summed E-state index contributed by atoms with van der Waals surface area (Å²) in [5.41, 5.74) is 0.812. The summed E-state index contributed by atoms with van der Waals surface area (Å²) in [5.74, 6) is -0.623. The second-order valence-corrected chi connectivity index (χ2v) is 5.86. The van der Waals surface area contributed by atoms with Crippen molar-refractivity contribution in [2.75, 3.05) is 11.9 Å². The van der Waals surface area contributed by atoms with Gasteiger partial charge in [-0.15, -0.1) is 0 Å². The van der Waals surface area contributed by atoms with Crippen molar-refractivity contribution in [3.8, 4) is 5.75 Å². The highest BCUT2D eigenvalue weighted by Crippen LogP contribution is 2.17. The van der Waals surface area contributed by atoms with E-state index in [4.69, 9.17) is 4.74 Å². The third kappa shape index (κ3) is 5.58. The number of anilines is 1. The van der Waals surface area contributed by atoms with Gasteiger partial charge in [-0.2, -0.15) is 0 Å². The highest BCUT2D eigenvalue weighted by molar-refractivity contribution is 6.04. The largest absolute Gasteiger partial charge is 0.481 e. The molecule has 26 heavy (non-hydrogen) atoms. The van der Waals surface area contributed by atoms with Crippen LogP contribution in [0.4, 0.5) is 10.1 Å². The van der Waals surface area contributed by atoms with Crippen LogP contribution >= 0.6 is 0 Å². The van der Waals surface area contributed by atoms with Crippen molar-refractivity contribution in [3.63, 3.8) is 0 Å². The predicted molar refractivity (Wildman–Crippen MR) is 98.8 cm³/mol. The van der Waals surface area contributed by atoms with E-state index < -0.39 is 12.0 Å². The van der Waals surface area contributed by atoms with E-state index in [9.17, 15) is 14.0 Å². The number of carbonyl (C=O) groups excluding carboxylic acids is 2. The number of ether oxygens (including phenoxy) is 1. The lowest BCUT2D eigenvalue weighted by Gasteiger charge is -2.16. The zero-order chi connectivity index (χ0) is 18.9. The van der Waals surface area contributed by atoms with E-state index in [2.05, 4.69) is 10.6 Å². The molecule has 0 radical (unpaired) electrons. The molecule has 0 heterocycles. The van der Waals surface area contributed by atoms with Gasteiger partial charge in [0.1, 0.15) is 11.6 Å². The summed E-state index contributed by atoms with van der Waals surface area (Å²) in [6, 6.07) is 12.2. The van der Waals surface area contributed by atoms with Crippen molar-refractivity contribution in [2.24, 2.45) is 0 Å². The number of carbonyl (C=O) groups is 2. The van der Waals surface area contributed by atoms with E-state index in [1.807, 2.05) is 6.92 Å². The first-order valence-corrected chi connectivity index (χ1v) is 8.61. The molecule has 0 spiro atoms. The Kier molecular flexibility index (Phi) is 7.14. The Hall–Kier alpha value is -2.89. The number of hydrogen-bond acceptors (Lipinski definition) is 3. The van der Waals surface area contributed by atoms with Gasteiger partial charge in [-0.05, 0) is 49.7 Å². The molecule has 5 nitrogen and oxygen atoms in total. The molecule has 2 amide bonds. The third-order valence-corrected chi connectivity index (χ3v) is 3.74. The molecule has 138 valence electrons. The smallest absolute Gasteiger partial charge is 0.265 e. The molecular weight excluding hydrogens is 335 g/mol. The van der Waals surface area contributed by atoms with Gasteiger partial charge in [0.25, 0.3) is 11.8 Å². The monoisotopic (exact) mass is 358 g/mol. The number of benzene rings is 2. The van der Waals surface area contributed by atoms with Crippen LogP contribution < -0.4 is 15.4 Å². The second-order valence-electron chi connectivity index (χ2n) is 5.86. The number of nitrogens with one attached hydrogen (secondary N) is 2. The average molecular weight is 358 g/mol. The molecule has 1 unspecified atom stereocenters. The number of hydrogen-bond donors (Lipinski definition) is 2. The highest BCUT2D eigenvalue weighted by Gasteiger charge is 2.18. The van der Waals surface area contributed by atoms with Gasteiger partial charge in [-0.3, -0.25) is 9.59 Å². The summed E-state index contributed by atoms with van der Waals surface area (Å²) >= 11 is 0. The van der Waals surface area contributed by atoms with E-state index in [0.717, 1.165) is 12.8 Å². The van der Waals surface area contributed by atoms with Crippen molar-refractivity contribution in [1.29, 1.82) is 0 Å². The summed E-state index contributed by atoms with van der Waals surface area (Å²) < 4.78 is 18.4. The molecule has 6 heteroatoms. The molecule has 0 aliphatic rings. The van der Waals surface area contributed by atoms with E-state index in [0.29, 0.717) is 23.5 Å². The third-order valence-electron chi connectivity index (χ3n) is 3.74. The summed E-state index contributed by atoms with van der Waals surface area (Å²) in [6.07, 6.45) is 1.07. The van der Waals surface area contributed by atoms with Gasteiger partial charge in [0.15, 0.2) is 6.10 Å². The standard InChI is InChI=1S/C20H23FN2O3/c1-3-4-13-22-20(25)17-7-5-6-8-18(17)23-19(24)14(2)26-16-11-9-15(21)10-12-16/h5-12,14H,3-4,13H2,1-2H3,(H,22,25)(H,23,24). The molecule has 0 aliphatic carbocycles. The fourth-order valence-electron chi connectivity index (χ4n) is 2.27. The molecule has 1 atom stereocenters. The van der Waals surface area contributed by atoms with Gasteiger partial charge in [0.05, 0.1) is 11.3 Å². The average Bonchev–Trinajstić information content (AvgIpc) is 2.64. The summed E-state index contributed by atoms with van der Waals surface area (Å²) in [6.45, 7) is 4.22. The lowest BCUT2D eigenvalue weighted by atomic mass is 10.1. The Bertz CT molecular complexity index is 747. The zero-order valence-corrected chi connectivity index (χ0v) is 14.9. The Morgan fingerprint density at radius 1 is 1.12 bits per heavy atom. The van der Waals surface area contributed by atoms with Gasteiger partial charge in [0.2, 0.25) is 0 Å². The van der Waals surface area contributed by atoms with Crippen LogP contribution in [0, 0.1) is 5.82 Å². The van der Waals surface area contributed by atoms with Crippen LogP contribution in [0.2, 0.25) is 0 Å². The molecule has 2 N–H and O–H groups in total. The van der Waals surface area contributed by atoms with Crippen LogP contribution in [0.25, 0.3) is 0 Å². The maximum absolute atomic E-state index is 12.9. The lowest BCUT2D eigenvalue weighted by molar-refractivity contribution is -0.122. The second kappa shape index (κ2) is 9.56. The highest BCUT2D eigenvalue weighted by atomic mass is 19.1. The van der Waals surface area contributed by atoms with Crippen LogP contribution in [-0.4, -0.2) is 24.5 Å². The maximum atomic E-state index is 12.9.